The van der Waals surface area contributed by atoms with Gasteiger partial charge < -0.3 is 0 Å². The van der Waals surface area contributed by atoms with E-state index in [9.17, 15) is 21.6 Å². The topological polar surface area (TPSA) is 55.2 Å². The second-order valence-corrected chi connectivity index (χ2v) is 7.54. The summed E-state index contributed by atoms with van der Waals surface area (Å²) in [5.41, 5.74) is -0.132. The summed E-state index contributed by atoms with van der Waals surface area (Å²) in [5, 5.41) is 3.98. The summed E-state index contributed by atoms with van der Waals surface area (Å²) in [6, 6.07) is 5.06. The highest BCUT2D eigenvalue weighted by atomic mass is 32.2. The number of benzene rings is 1. The van der Waals surface area contributed by atoms with Gasteiger partial charge in [-0.25, -0.2) is 0 Å². The summed E-state index contributed by atoms with van der Waals surface area (Å²) in [6.45, 7) is 1.80. The van der Waals surface area contributed by atoms with Gasteiger partial charge in [0.2, 0.25) is 0 Å². The molecule has 0 saturated carbocycles. The Morgan fingerprint density at radius 1 is 1.25 bits per heavy atom. The zero-order valence-corrected chi connectivity index (χ0v) is 13.9. The van der Waals surface area contributed by atoms with Crippen LogP contribution in [0.3, 0.4) is 0 Å². The van der Waals surface area contributed by atoms with E-state index in [0.29, 0.717) is 12.1 Å². The molecule has 1 aliphatic rings. The van der Waals surface area contributed by atoms with Crippen LogP contribution in [0.25, 0.3) is 0 Å². The van der Waals surface area contributed by atoms with Crippen molar-refractivity contribution in [1.82, 2.24) is 9.78 Å². The van der Waals surface area contributed by atoms with E-state index in [1.165, 1.54) is 29.9 Å². The molecule has 0 aliphatic carbocycles. The van der Waals surface area contributed by atoms with Gasteiger partial charge in [0.25, 0.3) is 10.0 Å². The van der Waals surface area contributed by atoms with Crippen molar-refractivity contribution in [2.45, 2.75) is 31.0 Å². The van der Waals surface area contributed by atoms with Crippen molar-refractivity contribution in [3.63, 3.8) is 0 Å². The molecule has 3 rings (SSSR count). The minimum Gasteiger partial charge on any atom is -0.265 e. The van der Waals surface area contributed by atoms with Crippen molar-refractivity contribution < 1.29 is 21.6 Å². The number of hydrogen-bond donors (Lipinski definition) is 0. The third-order valence-electron chi connectivity index (χ3n) is 4.03. The van der Waals surface area contributed by atoms with Gasteiger partial charge in [-0.2, -0.15) is 26.7 Å². The predicted molar refractivity (Wildman–Crippen MR) is 82.2 cm³/mol. The van der Waals surface area contributed by atoms with Crippen LogP contribution in [0.1, 0.15) is 23.2 Å². The van der Waals surface area contributed by atoms with Gasteiger partial charge in [-0.1, -0.05) is 6.07 Å². The van der Waals surface area contributed by atoms with Crippen molar-refractivity contribution in [1.29, 1.82) is 0 Å². The van der Waals surface area contributed by atoms with Crippen LogP contribution >= 0.6 is 0 Å². The molecule has 0 N–H and O–H groups in total. The molecular weight excluding hydrogens is 343 g/mol. The summed E-state index contributed by atoms with van der Waals surface area (Å²) >= 11 is 0. The number of aromatic nitrogens is 2. The fourth-order valence-electron chi connectivity index (χ4n) is 3.05. The first-order valence-corrected chi connectivity index (χ1v) is 8.79. The minimum atomic E-state index is -4.51. The van der Waals surface area contributed by atoms with Crippen molar-refractivity contribution in [2.75, 3.05) is 10.8 Å². The molecule has 1 aliphatic heterocycles. The fourth-order valence-corrected chi connectivity index (χ4v) is 4.77. The lowest BCUT2D eigenvalue weighted by Gasteiger charge is -2.31. The molecule has 0 fully saturated rings. The molecule has 130 valence electrons. The second-order valence-electron chi connectivity index (χ2n) is 5.73. The molecule has 0 spiro atoms. The van der Waals surface area contributed by atoms with Crippen LogP contribution in [0.2, 0.25) is 0 Å². The molecule has 1 aromatic heterocycles. The average molecular weight is 359 g/mol. The summed E-state index contributed by atoms with van der Waals surface area (Å²) in [5.74, 6) is 0. The minimum absolute atomic E-state index is 0.0266. The van der Waals surface area contributed by atoms with Crippen LogP contribution in [-0.2, 0) is 29.7 Å². The van der Waals surface area contributed by atoms with E-state index in [4.69, 9.17) is 0 Å². The van der Waals surface area contributed by atoms with Gasteiger partial charge in [-0.15, -0.1) is 0 Å². The van der Waals surface area contributed by atoms with Gasteiger partial charge in [-0.3, -0.25) is 8.99 Å². The smallest absolute Gasteiger partial charge is 0.265 e. The number of sulfonamides is 1. The van der Waals surface area contributed by atoms with Gasteiger partial charge in [0.15, 0.2) is 5.03 Å². The quantitative estimate of drug-likeness (QED) is 0.829. The van der Waals surface area contributed by atoms with Crippen molar-refractivity contribution in [3.8, 4) is 0 Å². The lowest BCUT2D eigenvalue weighted by Crippen LogP contribution is -2.37. The molecule has 0 radical (unpaired) electrons. The number of hydrogen-bond acceptors (Lipinski definition) is 3. The van der Waals surface area contributed by atoms with Gasteiger partial charge in [0, 0.05) is 13.6 Å². The Bertz CT molecular complexity index is 888. The molecule has 9 heteroatoms. The molecule has 2 heterocycles. The first-order valence-electron chi connectivity index (χ1n) is 7.35. The molecule has 0 unspecified atom stereocenters. The zero-order valence-electron chi connectivity index (χ0n) is 13.1. The predicted octanol–water partition coefficient (Wildman–Crippen LogP) is 2.89. The molecule has 0 amide bonds. The van der Waals surface area contributed by atoms with Crippen molar-refractivity contribution in [3.05, 3.63) is 41.1 Å². The lowest BCUT2D eigenvalue weighted by molar-refractivity contribution is -0.138. The largest absolute Gasteiger partial charge is 0.416 e. The number of nitrogens with zero attached hydrogens (tertiary/aromatic N) is 3. The van der Waals surface area contributed by atoms with E-state index in [-0.39, 0.29) is 29.2 Å². The van der Waals surface area contributed by atoms with E-state index in [0.717, 1.165) is 10.4 Å². The molecule has 0 saturated heterocycles. The maximum atomic E-state index is 13.2. The highest BCUT2D eigenvalue weighted by Crippen LogP contribution is 2.40. The van der Waals surface area contributed by atoms with Crippen LogP contribution in [0.15, 0.2) is 29.3 Å². The summed E-state index contributed by atoms with van der Waals surface area (Å²) in [6.07, 6.45) is -3.99. The average Bonchev–Trinajstić information content (AvgIpc) is 2.84. The highest BCUT2D eigenvalue weighted by molar-refractivity contribution is 7.92. The maximum absolute atomic E-state index is 13.2. The van der Waals surface area contributed by atoms with E-state index in [1.54, 1.807) is 6.92 Å². The van der Waals surface area contributed by atoms with Gasteiger partial charge in [-0.05, 0) is 43.5 Å². The lowest BCUT2D eigenvalue weighted by atomic mass is 9.97. The van der Waals surface area contributed by atoms with Crippen LogP contribution in [-0.4, -0.2) is 24.7 Å². The van der Waals surface area contributed by atoms with E-state index in [2.05, 4.69) is 5.10 Å². The molecule has 0 bridgehead atoms. The van der Waals surface area contributed by atoms with Gasteiger partial charge in [0.05, 0.1) is 16.9 Å². The number of halogens is 3. The molecule has 1 aromatic carbocycles. The summed E-state index contributed by atoms with van der Waals surface area (Å²) in [4.78, 5) is 0. The maximum Gasteiger partial charge on any atom is 0.416 e. The van der Waals surface area contributed by atoms with E-state index in [1.807, 2.05) is 0 Å². The third-order valence-corrected chi connectivity index (χ3v) is 5.90. The number of rotatable bonds is 2. The van der Waals surface area contributed by atoms with E-state index < -0.39 is 21.8 Å². The Labute approximate surface area is 137 Å². The molecular formula is C15H16F3N3O2S. The zero-order chi connectivity index (χ0) is 17.7. The molecule has 2 aromatic rings. The number of aryl methyl sites for hydroxylation is 2. The monoisotopic (exact) mass is 359 g/mol. The Kier molecular flexibility index (Phi) is 3.86. The first-order chi connectivity index (χ1) is 11.1. The highest BCUT2D eigenvalue weighted by Gasteiger charge is 2.38. The van der Waals surface area contributed by atoms with Crippen LogP contribution in [0, 0.1) is 6.92 Å². The van der Waals surface area contributed by atoms with Crippen molar-refractivity contribution >= 4 is 15.7 Å². The number of alkyl halides is 3. The number of fused-ring (bicyclic) bond motifs is 1. The third kappa shape index (κ3) is 2.66. The SMILES string of the molecule is Cc1cc(S(=O)(=O)N2CCCc3c2cccc3C(F)(F)F)n(C)n1. The normalized spacial score (nSPS) is 15.5. The standard InChI is InChI=1S/C15H16F3N3O2S/c1-10-9-14(20(2)19-10)24(22,23)21-8-4-5-11-12(15(16,17)18)6-3-7-13(11)21/h3,6-7,9H,4-5,8H2,1-2H3. The molecule has 0 atom stereocenters. The Hall–Kier alpha value is -2.03. The summed E-state index contributed by atoms with van der Waals surface area (Å²) in [7, 11) is -2.48. The van der Waals surface area contributed by atoms with Gasteiger partial charge in [0.1, 0.15) is 0 Å². The fraction of sp³-hybridized carbons (Fsp3) is 0.400. The van der Waals surface area contributed by atoms with Crippen LogP contribution in [0.4, 0.5) is 18.9 Å². The molecule has 24 heavy (non-hydrogen) atoms. The Balaban J connectivity index is 2.16. The van der Waals surface area contributed by atoms with Crippen LogP contribution < -0.4 is 4.31 Å². The second kappa shape index (κ2) is 5.51. The number of anilines is 1. The summed E-state index contributed by atoms with van der Waals surface area (Å²) < 4.78 is 67.8. The first kappa shape index (κ1) is 16.8. The van der Waals surface area contributed by atoms with Crippen molar-refractivity contribution in [2.24, 2.45) is 7.05 Å². The Morgan fingerprint density at radius 2 is 1.96 bits per heavy atom. The van der Waals surface area contributed by atoms with Crippen LogP contribution in [0.5, 0.6) is 0 Å². The van der Waals surface area contributed by atoms with E-state index >= 15 is 0 Å². The Morgan fingerprint density at radius 3 is 2.54 bits per heavy atom. The molecule has 5 nitrogen and oxygen atoms in total. The van der Waals surface area contributed by atoms with Gasteiger partial charge >= 0.3 is 6.18 Å².